The van der Waals surface area contributed by atoms with E-state index in [-0.39, 0.29) is 30.5 Å². The van der Waals surface area contributed by atoms with Gasteiger partial charge in [-0.25, -0.2) is 8.42 Å². The summed E-state index contributed by atoms with van der Waals surface area (Å²) in [4.78, 5) is 0.246. The highest BCUT2D eigenvalue weighted by atomic mass is 35.5. The number of hydrogen-bond donors (Lipinski definition) is 0. The second kappa shape index (κ2) is 7.63. The minimum atomic E-state index is -3.69. The Morgan fingerprint density at radius 1 is 1.39 bits per heavy atom. The van der Waals surface area contributed by atoms with Crippen LogP contribution in [0.1, 0.15) is 30.4 Å². The van der Waals surface area contributed by atoms with Crippen LogP contribution in [-0.2, 0) is 14.8 Å². The Hall–Kier alpha value is -1.13. The standard InChI is InChI=1S/C16H21ClN2O3S/c1-12-10-16(13(2)9-15(12)17)23(20,21)19(7-4-6-18)11-14-5-3-8-22-14/h9-10,14H,3-5,7-8,11H2,1-2H3. The van der Waals surface area contributed by atoms with Crippen molar-refractivity contribution in [3.05, 3.63) is 28.3 Å². The van der Waals surface area contributed by atoms with E-state index in [2.05, 4.69) is 0 Å². The summed E-state index contributed by atoms with van der Waals surface area (Å²) >= 11 is 6.07. The molecule has 0 saturated carbocycles. The van der Waals surface area contributed by atoms with Crippen molar-refractivity contribution in [1.29, 1.82) is 5.26 Å². The molecule has 1 aliphatic rings. The molecule has 0 radical (unpaired) electrons. The topological polar surface area (TPSA) is 70.4 Å². The molecule has 0 spiro atoms. The summed E-state index contributed by atoms with van der Waals surface area (Å²) in [5, 5.41) is 9.37. The molecule has 5 nitrogen and oxygen atoms in total. The molecule has 1 unspecified atom stereocenters. The summed E-state index contributed by atoms with van der Waals surface area (Å²) in [7, 11) is -3.69. The number of aryl methyl sites for hydroxylation is 2. The van der Waals surface area contributed by atoms with Crippen molar-refractivity contribution in [3.63, 3.8) is 0 Å². The van der Waals surface area contributed by atoms with Crippen LogP contribution in [0.4, 0.5) is 0 Å². The van der Waals surface area contributed by atoms with Crippen LogP contribution in [0.3, 0.4) is 0 Å². The fraction of sp³-hybridized carbons (Fsp3) is 0.562. The maximum Gasteiger partial charge on any atom is 0.243 e. The fourth-order valence-corrected chi connectivity index (χ4v) is 4.65. The molecular weight excluding hydrogens is 336 g/mol. The zero-order valence-corrected chi connectivity index (χ0v) is 15.0. The van der Waals surface area contributed by atoms with Crippen LogP contribution >= 0.6 is 11.6 Å². The van der Waals surface area contributed by atoms with Gasteiger partial charge in [-0.1, -0.05) is 11.6 Å². The molecule has 1 atom stereocenters. The van der Waals surface area contributed by atoms with Gasteiger partial charge >= 0.3 is 0 Å². The van der Waals surface area contributed by atoms with Gasteiger partial charge in [0.2, 0.25) is 10.0 Å². The predicted octanol–water partition coefficient (Wildman–Crippen LogP) is 3.04. The summed E-state index contributed by atoms with van der Waals surface area (Å²) in [6.07, 6.45) is 1.84. The predicted molar refractivity (Wildman–Crippen MR) is 88.9 cm³/mol. The van der Waals surface area contributed by atoms with Crippen molar-refractivity contribution < 1.29 is 13.2 Å². The van der Waals surface area contributed by atoms with Gasteiger partial charge in [-0.3, -0.25) is 0 Å². The maximum absolute atomic E-state index is 13.0. The van der Waals surface area contributed by atoms with Gasteiger partial charge in [-0.05, 0) is 49.9 Å². The molecule has 126 valence electrons. The van der Waals surface area contributed by atoms with E-state index < -0.39 is 10.0 Å². The van der Waals surface area contributed by atoms with Gasteiger partial charge in [0.25, 0.3) is 0 Å². The molecule has 0 aliphatic carbocycles. The van der Waals surface area contributed by atoms with Crippen molar-refractivity contribution in [1.82, 2.24) is 4.31 Å². The van der Waals surface area contributed by atoms with Crippen molar-refractivity contribution in [2.24, 2.45) is 0 Å². The molecule has 1 saturated heterocycles. The highest BCUT2D eigenvalue weighted by molar-refractivity contribution is 7.89. The lowest BCUT2D eigenvalue weighted by atomic mass is 10.2. The molecule has 0 bridgehead atoms. The number of rotatable bonds is 6. The molecular formula is C16H21ClN2O3S. The second-order valence-electron chi connectivity index (χ2n) is 5.77. The van der Waals surface area contributed by atoms with Gasteiger partial charge < -0.3 is 4.74 Å². The average molecular weight is 357 g/mol. The molecule has 1 aromatic rings. The third-order valence-electron chi connectivity index (χ3n) is 3.98. The van der Waals surface area contributed by atoms with Gasteiger partial charge in [-0.2, -0.15) is 9.57 Å². The molecule has 1 fully saturated rings. The van der Waals surface area contributed by atoms with Gasteiger partial charge in [0.1, 0.15) is 0 Å². The number of sulfonamides is 1. The van der Waals surface area contributed by atoms with Gasteiger partial charge in [0.15, 0.2) is 0 Å². The summed E-state index contributed by atoms with van der Waals surface area (Å²) in [6.45, 7) is 4.62. The summed E-state index contributed by atoms with van der Waals surface area (Å²) in [5.74, 6) is 0. The minimum Gasteiger partial charge on any atom is -0.377 e. The largest absolute Gasteiger partial charge is 0.377 e. The first-order valence-corrected chi connectivity index (χ1v) is 9.43. The SMILES string of the molecule is Cc1cc(S(=O)(=O)N(CCC#N)CC2CCCO2)c(C)cc1Cl. The Kier molecular flexibility index (Phi) is 6.04. The maximum atomic E-state index is 13.0. The first kappa shape index (κ1) is 18.2. The number of ether oxygens (including phenoxy) is 1. The minimum absolute atomic E-state index is 0.0998. The van der Waals surface area contributed by atoms with Crippen LogP contribution in [0.25, 0.3) is 0 Å². The molecule has 7 heteroatoms. The Morgan fingerprint density at radius 2 is 2.13 bits per heavy atom. The number of halogens is 1. The lowest BCUT2D eigenvalue weighted by molar-refractivity contribution is 0.0941. The van der Waals surface area contributed by atoms with Crippen molar-refractivity contribution in [3.8, 4) is 6.07 Å². The van der Waals surface area contributed by atoms with Crippen LogP contribution in [0.5, 0.6) is 0 Å². The third kappa shape index (κ3) is 4.24. The molecule has 23 heavy (non-hydrogen) atoms. The third-order valence-corrected chi connectivity index (χ3v) is 6.39. The number of nitriles is 1. The van der Waals surface area contributed by atoms with Crippen LogP contribution in [0.2, 0.25) is 5.02 Å². The molecule has 0 amide bonds. The Morgan fingerprint density at radius 3 is 2.74 bits per heavy atom. The van der Waals surface area contributed by atoms with Crippen LogP contribution in [0, 0.1) is 25.2 Å². The summed E-state index contributed by atoms with van der Waals surface area (Å²) < 4.78 is 33.0. The van der Waals surface area contributed by atoms with Crippen molar-refractivity contribution >= 4 is 21.6 Å². The van der Waals surface area contributed by atoms with Gasteiger partial charge in [0, 0.05) is 31.1 Å². The van der Waals surface area contributed by atoms with E-state index >= 15 is 0 Å². The lowest BCUT2D eigenvalue weighted by Gasteiger charge is -2.25. The second-order valence-corrected chi connectivity index (χ2v) is 8.09. The van der Waals surface area contributed by atoms with Crippen molar-refractivity contribution in [2.45, 2.75) is 44.1 Å². The molecule has 1 heterocycles. The zero-order valence-electron chi connectivity index (χ0n) is 13.4. The normalized spacial score (nSPS) is 18.3. The Bertz CT molecular complexity index is 707. The van der Waals surface area contributed by atoms with E-state index in [0.29, 0.717) is 22.8 Å². The van der Waals surface area contributed by atoms with Gasteiger partial charge in [-0.15, -0.1) is 0 Å². The molecule has 0 aromatic heterocycles. The van der Waals surface area contributed by atoms with E-state index in [1.54, 1.807) is 26.0 Å². The number of benzene rings is 1. The fourth-order valence-electron chi connectivity index (χ4n) is 2.67. The number of hydrogen-bond acceptors (Lipinski definition) is 4. The van der Waals surface area contributed by atoms with Crippen molar-refractivity contribution in [2.75, 3.05) is 19.7 Å². The van der Waals surface area contributed by atoms with E-state index in [4.69, 9.17) is 21.6 Å². The van der Waals surface area contributed by atoms with Crippen LogP contribution < -0.4 is 0 Å². The lowest BCUT2D eigenvalue weighted by Crippen LogP contribution is -2.38. The highest BCUT2D eigenvalue weighted by Gasteiger charge is 2.30. The molecule has 0 N–H and O–H groups in total. The Balaban J connectivity index is 2.34. The summed E-state index contributed by atoms with van der Waals surface area (Å²) in [5.41, 5.74) is 1.32. The van der Waals surface area contributed by atoms with E-state index in [1.807, 2.05) is 6.07 Å². The van der Waals surface area contributed by atoms with Crippen LogP contribution in [-0.4, -0.2) is 38.5 Å². The first-order valence-electron chi connectivity index (χ1n) is 7.61. The van der Waals surface area contributed by atoms with Crippen LogP contribution in [0.15, 0.2) is 17.0 Å². The molecule has 1 aliphatic heterocycles. The van der Waals surface area contributed by atoms with E-state index in [0.717, 1.165) is 12.8 Å². The highest BCUT2D eigenvalue weighted by Crippen LogP contribution is 2.27. The van der Waals surface area contributed by atoms with E-state index in [1.165, 1.54) is 4.31 Å². The summed E-state index contributed by atoms with van der Waals surface area (Å²) in [6, 6.07) is 5.28. The van der Waals surface area contributed by atoms with Gasteiger partial charge in [0.05, 0.1) is 17.1 Å². The molecule has 2 rings (SSSR count). The Labute approximate surface area is 142 Å². The smallest absolute Gasteiger partial charge is 0.243 e. The zero-order chi connectivity index (χ0) is 17.0. The average Bonchev–Trinajstić information content (AvgIpc) is 3.00. The first-order chi connectivity index (χ1) is 10.9. The quantitative estimate of drug-likeness (QED) is 0.785. The van der Waals surface area contributed by atoms with E-state index in [9.17, 15) is 8.42 Å². The monoisotopic (exact) mass is 356 g/mol. The molecule has 1 aromatic carbocycles. The number of nitrogens with zero attached hydrogens (tertiary/aromatic N) is 2.